The van der Waals surface area contributed by atoms with Gasteiger partial charge < -0.3 is 14.0 Å². The number of carbonyl (C=O) groups is 1. The number of H-pyrrole nitrogens is 1. The molecule has 0 aliphatic rings. The Balaban J connectivity index is 0.00000441. The Labute approximate surface area is 237 Å². The predicted octanol–water partition coefficient (Wildman–Crippen LogP) is 5.51. The van der Waals surface area contributed by atoms with Gasteiger partial charge in [0.05, 0.1) is 6.54 Å². The second kappa shape index (κ2) is 12.3. The zero-order valence-electron chi connectivity index (χ0n) is 23.3. The lowest BCUT2D eigenvalue weighted by atomic mass is 9.93. The van der Waals surface area contributed by atoms with E-state index in [-0.39, 0.29) is 19.0 Å². The van der Waals surface area contributed by atoms with Gasteiger partial charge in [0, 0.05) is 11.3 Å². The van der Waals surface area contributed by atoms with E-state index in [1.807, 2.05) is 77.9 Å². The van der Waals surface area contributed by atoms with E-state index in [2.05, 4.69) is 15.3 Å². The smallest absolute Gasteiger partial charge is 0.440 e. The van der Waals surface area contributed by atoms with E-state index in [0.717, 1.165) is 43.8 Å². The summed E-state index contributed by atoms with van der Waals surface area (Å²) in [4.78, 5) is 41.7. The number of aryl methyl sites for hydroxylation is 2. The number of aromatic nitrogens is 3. The summed E-state index contributed by atoms with van der Waals surface area (Å²) in [5, 5.41) is 2.71. The van der Waals surface area contributed by atoms with Gasteiger partial charge in [-0.2, -0.15) is 0 Å². The third kappa shape index (κ3) is 7.41. The molecule has 0 unspecified atom stereocenters. The highest BCUT2D eigenvalue weighted by Gasteiger charge is 2.18. The summed E-state index contributed by atoms with van der Waals surface area (Å²) in [5.74, 6) is 0.317. The van der Waals surface area contributed by atoms with E-state index in [4.69, 9.17) is 14.0 Å². The van der Waals surface area contributed by atoms with Crippen LogP contribution >= 0.6 is 12.4 Å². The van der Waals surface area contributed by atoms with Gasteiger partial charge in [0.1, 0.15) is 23.8 Å². The maximum absolute atomic E-state index is 12.2. The van der Waals surface area contributed by atoms with Gasteiger partial charge >= 0.3 is 17.5 Å². The molecule has 2 aromatic carbocycles. The average molecular weight is 569 g/mol. The minimum atomic E-state index is -0.785. The Morgan fingerprint density at radius 2 is 1.77 bits per heavy atom. The molecular formula is C29H33ClN4O6. The molecule has 212 valence electrons. The molecule has 0 bridgehead atoms. The van der Waals surface area contributed by atoms with Crippen molar-refractivity contribution in [3.05, 3.63) is 97.5 Å². The van der Waals surface area contributed by atoms with Crippen molar-refractivity contribution < 1.29 is 18.8 Å². The van der Waals surface area contributed by atoms with Gasteiger partial charge in [0.15, 0.2) is 0 Å². The number of amides is 1. The SMILES string of the molecule is Cc1cc(NC(=O)OC(C)(C)C)nc(C)c1-c1cccc(COc2ccc(Cn3oc(=O)[nH]c3=O)cc2)c1C.Cl. The van der Waals surface area contributed by atoms with Crippen LogP contribution in [0.15, 0.2) is 62.6 Å². The lowest BCUT2D eigenvalue weighted by Crippen LogP contribution is -2.27. The molecule has 10 nitrogen and oxygen atoms in total. The second-order valence-electron chi connectivity index (χ2n) is 10.3. The molecule has 4 aromatic rings. The molecule has 2 heterocycles. The summed E-state index contributed by atoms with van der Waals surface area (Å²) in [7, 11) is 0. The number of hydrogen-bond donors (Lipinski definition) is 2. The van der Waals surface area contributed by atoms with Gasteiger partial charge in [-0.15, -0.1) is 17.1 Å². The number of nitrogens with one attached hydrogen (secondary N) is 2. The summed E-state index contributed by atoms with van der Waals surface area (Å²) >= 11 is 0. The monoisotopic (exact) mass is 568 g/mol. The van der Waals surface area contributed by atoms with Gasteiger partial charge in [-0.3, -0.25) is 5.32 Å². The fourth-order valence-corrected chi connectivity index (χ4v) is 4.26. The summed E-state index contributed by atoms with van der Waals surface area (Å²) < 4.78 is 17.1. The third-order valence-electron chi connectivity index (χ3n) is 6.01. The Bertz CT molecular complexity index is 1590. The standard InChI is InChI=1S/C29H32N4O6.ClH/c1-17-14-24(31-27(35)38-29(4,5)6)30-19(3)25(17)23-9-7-8-21(18(23)2)16-37-22-12-10-20(11-13-22)15-33-26(34)32-28(36)39-33;/h7-14H,15-16H2,1-6H3,(H,30,31,35)(H,32,34,36);1H. The summed E-state index contributed by atoms with van der Waals surface area (Å²) in [6.45, 7) is 11.9. The van der Waals surface area contributed by atoms with E-state index in [1.54, 1.807) is 12.1 Å². The number of carbonyl (C=O) groups excluding carboxylic acids is 1. The van der Waals surface area contributed by atoms with Crippen molar-refractivity contribution in [1.29, 1.82) is 0 Å². The zero-order chi connectivity index (χ0) is 28.3. The lowest BCUT2D eigenvalue weighted by molar-refractivity contribution is 0.0635. The molecule has 0 fully saturated rings. The van der Waals surface area contributed by atoms with Crippen LogP contribution in [0.2, 0.25) is 0 Å². The largest absolute Gasteiger partial charge is 0.489 e. The molecule has 4 rings (SSSR count). The van der Waals surface area contributed by atoms with Crippen molar-refractivity contribution in [2.45, 2.75) is 60.3 Å². The summed E-state index contributed by atoms with van der Waals surface area (Å²) in [5.41, 5.74) is 5.48. The van der Waals surface area contributed by atoms with Gasteiger partial charge in [-0.25, -0.2) is 24.4 Å². The molecule has 1 amide bonds. The summed E-state index contributed by atoms with van der Waals surface area (Å²) in [6.07, 6.45) is -0.546. The molecule has 40 heavy (non-hydrogen) atoms. The number of rotatable bonds is 7. The van der Waals surface area contributed by atoms with Crippen molar-refractivity contribution >= 4 is 24.3 Å². The number of benzene rings is 2. The van der Waals surface area contributed by atoms with Crippen molar-refractivity contribution in [3.8, 4) is 16.9 Å². The topological polar surface area (TPSA) is 128 Å². The van der Waals surface area contributed by atoms with E-state index in [1.165, 1.54) is 0 Å². The average Bonchev–Trinajstić information content (AvgIpc) is 3.14. The minimum Gasteiger partial charge on any atom is -0.489 e. The molecule has 0 saturated carbocycles. The first-order valence-electron chi connectivity index (χ1n) is 12.5. The van der Waals surface area contributed by atoms with E-state index < -0.39 is 23.1 Å². The Morgan fingerprint density at radius 1 is 1.07 bits per heavy atom. The van der Waals surface area contributed by atoms with Gasteiger partial charge in [-0.1, -0.05) is 30.3 Å². The van der Waals surface area contributed by atoms with Crippen LogP contribution < -0.4 is 21.5 Å². The highest BCUT2D eigenvalue weighted by atomic mass is 35.5. The number of ether oxygens (including phenoxy) is 2. The maximum atomic E-state index is 12.2. The molecule has 11 heteroatoms. The van der Waals surface area contributed by atoms with Crippen LogP contribution in [0.3, 0.4) is 0 Å². The normalized spacial score (nSPS) is 11.1. The summed E-state index contributed by atoms with van der Waals surface area (Å²) in [6, 6.07) is 15.1. The molecule has 0 radical (unpaired) electrons. The van der Waals surface area contributed by atoms with Crippen molar-refractivity contribution in [2.24, 2.45) is 0 Å². The van der Waals surface area contributed by atoms with Crippen LogP contribution in [-0.4, -0.2) is 26.4 Å². The van der Waals surface area contributed by atoms with E-state index in [0.29, 0.717) is 18.2 Å². The molecule has 0 atom stereocenters. The van der Waals surface area contributed by atoms with Crippen LogP contribution in [0.5, 0.6) is 5.75 Å². The molecule has 2 aromatic heterocycles. The van der Waals surface area contributed by atoms with Crippen LogP contribution in [0.4, 0.5) is 10.6 Å². The molecule has 0 aliphatic heterocycles. The molecule has 2 N–H and O–H groups in total. The first kappa shape index (κ1) is 30.2. The zero-order valence-corrected chi connectivity index (χ0v) is 24.1. The van der Waals surface area contributed by atoms with Gasteiger partial charge in [0.2, 0.25) is 0 Å². The molecule has 0 spiro atoms. The second-order valence-corrected chi connectivity index (χ2v) is 10.3. The van der Waals surface area contributed by atoms with Crippen molar-refractivity contribution in [1.82, 2.24) is 14.7 Å². The number of anilines is 1. The van der Waals surface area contributed by atoms with Crippen molar-refractivity contribution in [2.75, 3.05) is 5.32 Å². The number of hydrogen-bond acceptors (Lipinski definition) is 7. The van der Waals surface area contributed by atoms with E-state index >= 15 is 0 Å². The fourth-order valence-electron chi connectivity index (χ4n) is 4.26. The van der Waals surface area contributed by atoms with Crippen LogP contribution in [0.25, 0.3) is 11.1 Å². The molecular weight excluding hydrogens is 536 g/mol. The van der Waals surface area contributed by atoms with Crippen molar-refractivity contribution in [3.63, 3.8) is 0 Å². The Hall–Kier alpha value is -4.31. The van der Waals surface area contributed by atoms with Crippen LogP contribution in [0.1, 0.15) is 48.7 Å². The van der Waals surface area contributed by atoms with Gasteiger partial charge in [0.25, 0.3) is 0 Å². The first-order chi connectivity index (χ1) is 18.4. The quantitative estimate of drug-likeness (QED) is 0.300. The highest BCUT2D eigenvalue weighted by Crippen LogP contribution is 2.32. The third-order valence-corrected chi connectivity index (χ3v) is 6.01. The van der Waals surface area contributed by atoms with Crippen LogP contribution in [0, 0.1) is 20.8 Å². The lowest BCUT2D eigenvalue weighted by Gasteiger charge is -2.20. The minimum absolute atomic E-state index is 0. The number of halogens is 1. The molecule has 0 saturated heterocycles. The Kier molecular flexibility index (Phi) is 9.26. The first-order valence-corrected chi connectivity index (χ1v) is 12.5. The number of aromatic amines is 1. The van der Waals surface area contributed by atoms with Crippen LogP contribution in [-0.2, 0) is 17.9 Å². The highest BCUT2D eigenvalue weighted by molar-refractivity contribution is 5.85. The number of pyridine rings is 1. The number of nitrogens with zero attached hydrogens (tertiary/aromatic N) is 2. The van der Waals surface area contributed by atoms with Gasteiger partial charge in [-0.05, 0) is 87.6 Å². The molecule has 0 aliphatic carbocycles. The maximum Gasteiger partial charge on any atom is 0.440 e. The predicted molar refractivity (Wildman–Crippen MR) is 154 cm³/mol. The fraction of sp³-hybridized carbons (Fsp3) is 0.310. The Morgan fingerprint density at radius 3 is 2.38 bits per heavy atom. The van der Waals surface area contributed by atoms with E-state index in [9.17, 15) is 14.4 Å².